The highest BCUT2D eigenvalue weighted by Crippen LogP contribution is 2.58. The Labute approximate surface area is 244 Å². The number of ether oxygens (including phenoxy) is 1. The van der Waals surface area contributed by atoms with Crippen molar-refractivity contribution < 1.29 is 14.3 Å². The van der Waals surface area contributed by atoms with E-state index < -0.39 is 11.5 Å². The molecule has 1 spiro atoms. The molecular weight excluding hydrogens is 545 g/mol. The number of likely N-dealkylation sites (tertiary alicyclic amines) is 1. The SMILES string of the molecule is C#Cc1ccc(OC2CCN(C)CC2)c([C@@H]2NC(=O)C[C@@H](C3C=CC=C(Cl)C3)[C@]23C(=O)Nc2cc(Cl)ccc23)c1. The van der Waals surface area contributed by atoms with Crippen molar-refractivity contribution in [3.63, 3.8) is 0 Å². The summed E-state index contributed by atoms with van der Waals surface area (Å²) in [6.07, 6.45) is 14.2. The standard InChI is InChI=1S/C32H31Cl2N3O3/c1-3-19-7-10-28(40-23-11-13-37(2)14-12-23)24(15-19)30-32(25-9-8-22(34)17-27(25)35-31(32)39)26(18-29(38)36-30)20-5-4-6-21(33)16-20/h1,4-10,15,17,20,23,26,30H,11-14,16,18H2,2H3,(H,35,39)(H,36,38)/t20?,26-,30-,32-/m0/s1. The Hall–Kier alpha value is -3.24. The van der Waals surface area contributed by atoms with E-state index in [2.05, 4.69) is 34.6 Å². The average molecular weight is 577 g/mol. The number of benzene rings is 2. The van der Waals surface area contributed by atoms with Crippen LogP contribution >= 0.6 is 23.2 Å². The van der Waals surface area contributed by atoms with Gasteiger partial charge in [0.25, 0.3) is 0 Å². The zero-order valence-electron chi connectivity index (χ0n) is 22.3. The van der Waals surface area contributed by atoms with Crippen LogP contribution in [0.25, 0.3) is 0 Å². The molecule has 6 nitrogen and oxygen atoms in total. The fourth-order valence-electron chi connectivity index (χ4n) is 6.90. The van der Waals surface area contributed by atoms with E-state index in [0.29, 0.717) is 39.0 Å². The molecule has 0 radical (unpaired) electrons. The number of terminal acetylenes is 1. The molecule has 3 aliphatic heterocycles. The second kappa shape index (κ2) is 10.6. The van der Waals surface area contributed by atoms with Gasteiger partial charge in [0.05, 0.1) is 6.04 Å². The van der Waals surface area contributed by atoms with Gasteiger partial charge in [0.15, 0.2) is 0 Å². The summed E-state index contributed by atoms with van der Waals surface area (Å²) in [7, 11) is 2.11. The number of fused-ring (bicyclic) bond motifs is 2. The van der Waals surface area contributed by atoms with E-state index in [1.54, 1.807) is 12.1 Å². The monoisotopic (exact) mass is 575 g/mol. The maximum atomic E-state index is 14.4. The molecule has 2 aromatic carbocycles. The van der Waals surface area contributed by atoms with Gasteiger partial charge in [-0.15, -0.1) is 6.42 Å². The number of carbonyl (C=O) groups excluding carboxylic acids is 2. The molecule has 2 aromatic rings. The Balaban J connectivity index is 1.53. The summed E-state index contributed by atoms with van der Waals surface area (Å²) in [4.78, 5) is 30.1. The van der Waals surface area contributed by atoms with Crippen LogP contribution in [0.5, 0.6) is 5.75 Å². The summed E-state index contributed by atoms with van der Waals surface area (Å²) in [5.74, 6) is 2.53. The van der Waals surface area contributed by atoms with Gasteiger partial charge in [-0.3, -0.25) is 9.59 Å². The summed E-state index contributed by atoms with van der Waals surface area (Å²) in [5.41, 5.74) is 1.65. The molecule has 4 aliphatic rings. The maximum Gasteiger partial charge on any atom is 0.237 e. The van der Waals surface area contributed by atoms with Gasteiger partial charge in [0.2, 0.25) is 11.8 Å². The van der Waals surface area contributed by atoms with E-state index in [9.17, 15) is 9.59 Å². The molecule has 2 amide bonds. The third kappa shape index (κ3) is 4.60. The van der Waals surface area contributed by atoms with Gasteiger partial charge in [-0.2, -0.15) is 0 Å². The molecule has 40 heavy (non-hydrogen) atoms. The van der Waals surface area contributed by atoms with E-state index in [-0.39, 0.29) is 36.2 Å². The van der Waals surface area contributed by atoms with Crippen LogP contribution in [0.2, 0.25) is 5.02 Å². The van der Waals surface area contributed by atoms with Crippen LogP contribution in [0, 0.1) is 24.2 Å². The Bertz CT molecular complexity index is 1470. The second-order valence-electron chi connectivity index (χ2n) is 11.2. The molecule has 0 bridgehead atoms. The molecule has 8 heteroatoms. The highest BCUT2D eigenvalue weighted by Gasteiger charge is 2.62. The molecule has 206 valence electrons. The third-order valence-electron chi connectivity index (χ3n) is 8.83. The van der Waals surface area contributed by atoms with Crippen LogP contribution < -0.4 is 15.4 Å². The second-order valence-corrected chi connectivity index (χ2v) is 12.1. The van der Waals surface area contributed by atoms with Crippen molar-refractivity contribution in [1.82, 2.24) is 10.2 Å². The summed E-state index contributed by atoms with van der Waals surface area (Å²) >= 11 is 12.9. The van der Waals surface area contributed by atoms with E-state index in [1.807, 2.05) is 36.4 Å². The van der Waals surface area contributed by atoms with Crippen LogP contribution in [0.4, 0.5) is 5.69 Å². The number of halogens is 2. The number of carbonyl (C=O) groups is 2. The number of nitrogens with one attached hydrogen (secondary N) is 2. The molecule has 4 atom stereocenters. The normalized spacial score (nSPS) is 28.4. The van der Waals surface area contributed by atoms with Crippen molar-refractivity contribution in [2.24, 2.45) is 11.8 Å². The van der Waals surface area contributed by atoms with E-state index >= 15 is 0 Å². The van der Waals surface area contributed by atoms with Gasteiger partial charge in [-0.05, 0) is 80.1 Å². The number of nitrogens with zero attached hydrogens (tertiary/aromatic N) is 1. The summed E-state index contributed by atoms with van der Waals surface area (Å²) < 4.78 is 6.62. The van der Waals surface area contributed by atoms with Crippen LogP contribution in [-0.4, -0.2) is 43.0 Å². The van der Waals surface area contributed by atoms with E-state index in [0.717, 1.165) is 31.5 Å². The Morgan fingerprint density at radius 3 is 2.65 bits per heavy atom. The van der Waals surface area contributed by atoms with Crippen molar-refractivity contribution in [3.05, 3.63) is 81.4 Å². The van der Waals surface area contributed by atoms with E-state index in [4.69, 9.17) is 34.4 Å². The van der Waals surface area contributed by atoms with Crippen molar-refractivity contribution in [2.75, 3.05) is 25.5 Å². The summed E-state index contributed by atoms with van der Waals surface area (Å²) in [5, 5.41) is 7.52. The van der Waals surface area contributed by atoms with Crippen molar-refractivity contribution in [1.29, 1.82) is 0 Å². The molecule has 0 saturated carbocycles. The molecule has 0 aromatic heterocycles. The Morgan fingerprint density at radius 1 is 1.10 bits per heavy atom. The van der Waals surface area contributed by atoms with Gasteiger partial charge in [0.1, 0.15) is 17.3 Å². The van der Waals surface area contributed by atoms with Crippen LogP contribution in [0.1, 0.15) is 48.4 Å². The lowest BCUT2D eigenvalue weighted by molar-refractivity contribution is -0.135. The average Bonchev–Trinajstić information content (AvgIpc) is 3.22. The predicted molar refractivity (Wildman–Crippen MR) is 157 cm³/mol. The first-order valence-corrected chi connectivity index (χ1v) is 14.4. The molecular formula is C32H31Cl2N3O3. The summed E-state index contributed by atoms with van der Waals surface area (Å²) in [6, 6.07) is 10.3. The lowest BCUT2D eigenvalue weighted by atomic mass is 9.57. The van der Waals surface area contributed by atoms with Crippen LogP contribution in [-0.2, 0) is 15.0 Å². The Morgan fingerprint density at radius 2 is 1.90 bits per heavy atom. The fraction of sp³-hybridized carbons (Fsp3) is 0.375. The number of amides is 2. The lowest BCUT2D eigenvalue weighted by Gasteiger charge is -2.49. The van der Waals surface area contributed by atoms with Gasteiger partial charge in [0, 0.05) is 46.4 Å². The number of rotatable bonds is 4. The number of anilines is 1. The van der Waals surface area contributed by atoms with Crippen molar-refractivity contribution >= 4 is 40.7 Å². The van der Waals surface area contributed by atoms with E-state index in [1.165, 1.54) is 0 Å². The zero-order valence-corrected chi connectivity index (χ0v) is 23.8. The summed E-state index contributed by atoms with van der Waals surface area (Å²) in [6.45, 7) is 1.88. The molecule has 2 saturated heterocycles. The minimum absolute atomic E-state index is 0.0198. The molecule has 1 unspecified atom stereocenters. The lowest BCUT2D eigenvalue weighted by Crippen LogP contribution is -2.59. The fourth-order valence-corrected chi connectivity index (χ4v) is 7.32. The van der Waals surface area contributed by atoms with Crippen LogP contribution in [0.3, 0.4) is 0 Å². The van der Waals surface area contributed by atoms with Gasteiger partial charge in [-0.25, -0.2) is 0 Å². The largest absolute Gasteiger partial charge is 0.490 e. The van der Waals surface area contributed by atoms with Crippen LogP contribution in [0.15, 0.2) is 59.7 Å². The molecule has 1 aliphatic carbocycles. The third-order valence-corrected chi connectivity index (χ3v) is 9.35. The highest BCUT2D eigenvalue weighted by atomic mass is 35.5. The first-order valence-electron chi connectivity index (χ1n) is 13.7. The quantitative estimate of drug-likeness (QED) is 0.468. The molecule has 3 heterocycles. The maximum absolute atomic E-state index is 14.4. The highest BCUT2D eigenvalue weighted by molar-refractivity contribution is 6.31. The number of allylic oxidation sites excluding steroid dienone is 4. The molecule has 2 N–H and O–H groups in total. The first kappa shape index (κ1) is 27.0. The number of hydrogen-bond acceptors (Lipinski definition) is 4. The minimum atomic E-state index is -1.14. The molecule has 6 rings (SSSR count). The predicted octanol–water partition coefficient (Wildman–Crippen LogP) is 5.56. The van der Waals surface area contributed by atoms with Gasteiger partial charge in [-0.1, -0.05) is 47.3 Å². The molecule has 2 fully saturated rings. The number of piperidine rings is 2. The first-order chi connectivity index (χ1) is 19.3. The van der Waals surface area contributed by atoms with Crippen molar-refractivity contribution in [3.8, 4) is 18.1 Å². The topological polar surface area (TPSA) is 70.7 Å². The van der Waals surface area contributed by atoms with Gasteiger partial charge < -0.3 is 20.3 Å². The smallest absolute Gasteiger partial charge is 0.237 e. The number of hydrogen-bond donors (Lipinski definition) is 2. The van der Waals surface area contributed by atoms with Crippen molar-refractivity contribution in [2.45, 2.75) is 43.2 Å². The zero-order chi connectivity index (χ0) is 28.0. The minimum Gasteiger partial charge on any atom is -0.490 e. The Kier molecular flexibility index (Phi) is 7.16. The van der Waals surface area contributed by atoms with Gasteiger partial charge >= 0.3 is 0 Å².